The van der Waals surface area contributed by atoms with E-state index in [0.717, 1.165) is 29.4 Å². The average molecular weight is 243 g/mol. The van der Waals surface area contributed by atoms with Crippen molar-refractivity contribution in [3.05, 3.63) is 34.5 Å². The molecule has 0 aliphatic heterocycles. The van der Waals surface area contributed by atoms with E-state index in [9.17, 15) is 9.90 Å². The highest BCUT2D eigenvalue weighted by atomic mass is 16.4. The number of benzene rings is 1. The van der Waals surface area contributed by atoms with Gasteiger partial charge >= 0.3 is 5.97 Å². The number of hydrogen-bond acceptors (Lipinski definition) is 1. The zero-order valence-electron chi connectivity index (χ0n) is 10.5. The lowest BCUT2D eigenvalue weighted by Gasteiger charge is -2.06. The van der Waals surface area contributed by atoms with Gasteiger partial charge in [-0.05, 0) is 55.9 Å². The van der Waals surface area contributed by atoms with Crippen LogP contribution >= 0.6 is 0 Å². The molecule has 0 atom stereocenters. The van der Waals surface area contributed by atoms with Crippen molar-refractivity contribution in [2.24, 2.45) is 0 Å². The topological polar surface area (TPSA) is 53.1 Å². The first-order chi connectivity index (χ1) is 8.66. The van der Waals surface area contributed by atoms with E-state index in [1.54, 1.807) is 0 Å². The molecule has 3 rings (SSSR count). The number of aryl methyl sites for hydroxylation is 3. The minimum Gasteiger partial charge on any atom is -0.478 e. The molecule has 1 aromatic carbocycles. The number of rotatable bonds is 1. The normalized spacial score (nSPS) is 15.4. The second-order valence-corrected chi connectivity index (χ2v) is 5.16. The number of carboxylic acid groups (broad SMARTS) is 1. The predicted octanol–water partition coefficient (Wildman–Crippen LogP) is 3.44. The summed E-state index contributed by atoms with van der Waals surface area (Å²) >= 11 is 0. The van der Waals surface area contributed by atoms with Crippen LogP contribution in [0.1, 0.15) is 46.4 Å². The van der Waals surface area contributed by atoms with Gasteiger partial charge in [-0.2, -0.15) is 0 Å². The quantitative estimate of drug-likeness (QED) is 0.754. The average Bonchev–Trinajstić information content (AvgIpc) is 2.49. The molecule has 0 spiro atoms. The van der Waals surface area contributed by atoms with Crippen LogP contribution in [-0.2, 0) is 12.8 Å². The highest BCUT2D eigenvalue weighted by molar-refractivity contribution is 6.05. The summed E-state index contributed by atoms with van der Waals surface area (Å²) in [7, 11) is 0. The van der Waals surface area contributed by atoms with Crippen LogP contribution in [0.15, 0.2) is 12.1 Å². The first-order valence-electron chi connectivity index (χ1n) is 6.54. The monoisotopic (exact) mass is 243 g/mol. The lowest BCUT2D eigenvalue weighted by atomic mass is 9.99. The fourth-order valence-corrected chi connectivity index (χ4v) is 3.01. The van der Waals surface area contributed by atoms with Gasteiger partial charge in [-0.1, -0.05) is 6.42 Å². The maximum Gasteiger partial charge on any atom is 0.338 e. The maximum absolute atomic E-state index is 11.3. The van der Waals surface area contributed by atoms with Crippen LogP contribution in [-0.4, -0.2) is 16.1 Å². The highest BCUT2D eigenvalue weighted by Gasteiger charge is 2.17. The highest BCUT2D eigenvalue weighted by Crippen LogP contribution is 2.29. The lowest BCUT2D eigenvalue weighted by Crippen LogP contribution is -1.98. The maximum atomic E-state index is 11.3. The summed E-state index contributed by atoms with van der Waals surface area (Å²) in [6, 6.07) is 4.23. The molecule has 0 saturated carbocycles. The number of aromatic amines is 1. The summed E-state index contributed by atoms with van der Waals surface area (Å²) in [5.74, 6) is -0.840. The van der Waals surface area contributed by atoms with E-state index >= 15 is 0 Å². The van der Waals surface area contributed by atoms with Gasteiger partial charge in [0, 0.05) is 16.6 Å². The zero-order chi connectivity index (χ0) is 12.7. The van der Waals surface area contributed by atoms with Crippen molar-refractivity contribution in [3.8, 4) is 0 Å². The third-order valence-electron chi connectivity index (χ3n) is 3.91. The number of aromatic carboxylic acids is 1. The SMILES string of the molecule is Cc1[nH]c2cc3c(cc2c1C(=O)O)CCCCC3. The molecule has 2 N–H and O–H groups in total. The second-order valence-electron chi connectivity index (χ2n) is 5.16. The fourth-order valence-electron chi connectivity index (χ4n) is 3.01. The Morgan fingerprint density at radius 3 is 2.50 bits per heavy atom. The van der Waals surface area contributed by atoms with Crippen molar-refractivity contribution >= 4 is 16.9 Å². The van der Waals surface area contributed by atoms with Crippen molar-refractivity contribution in [1.29, 1.82) is 0 Å². The summed E-state index contributed by atoms with van der Waals surface area (Å²) in [6.07, 6.45) is 5.92. The molecule has 1 aliphatic rings. The fraction of sp³-hybridized carbons (Fsp3) is 0.400. The van der Waals surface area contributed by atoms with Crippen molar-refractivity contribution in [2.75, 3.05) is 0 Å². The molecule has 0 saturated heterocycles. The Balaban J connectivity index is 2.25. The first kappa shape index (κ1) is 11.3. The van der Waals surface area contributed by atoms with E-state index in [-0.39, 0.29) is 0 Å². The first-order valence-corrected chi connectivity index (χ1v) is 6.54. The van der Waals surface area contributed by atoms with Gasteiger partial charge in [-0.3, -0.25) is 0 Å². The van der Waals surface area contributed by atoms with E-state index in [1.807, 2.05) is 6.92 Å². The van der Waals surface area contributed by atoms with E-state index in [2.05, 4.69) is 17.1 Å². The van der Waals surface area contributed by atoms with Crippen LogP contribution in [0.2, 0.25) is 0 Å². The van der Waals surface area contributed by atoms with Gasteiger partial charge in [0.15, 0.2) is 0 Å². The Kier molecular flexibility index (Phi) is 2.62. The molecule has 3 nitrogen and oxygen atoms in total. The van der Waals surface area contributed by atoms with Crippen molar-refractivity contribution in [2.45, 2.75) is 39.0 Å². The molecule has 0 fully saturated rings. The van der Waals surface area contributed by atoms with Crippen LogP contribution in [0.3, 0.4) is 0 Å². The van der Waals surface area contributed by atoms with Gasteiger partial charge in [0.25, 0.3) is 0 Å². The number of carbonyl (C=O) groups is 1. The second kappa shape index (κ2) is 4.16. The van der Waals surface area contributed by atoms with Crippen molar-refractivity contribution in [1.82, 2.24) is 4.98 Å². The molecule has 0 radical (unpaired) electrons. The van der Waals surface area contributed by atoms with Gasteiger partial charge in [-0.25, -0.2) is 4.79 Å². The van der Waals surface area contributed by atoms with Gasteiger partial charge < -0.3 is 10.1 Å². The van der Waals surface area contributed by atoms with E-state index in [1.165, 1.54) is 30.4 Å². The molecule has 1 heterocycles. The molecular weight excluding hydrogens is 226 g/mol. The molecule has 94 valence electrons. The molecule has 18 heavy (non-hydrogen) atoms. The van der Waals surface area contributed by atoms with Crippen molar-refractivity contribution < 1.29 is 9.90 Å². The largest absolute Gasteiger partial charge is 0.478 e. The molecule has 1 aromatic heterocycles. The number of aromatic nitrogens is 1. The van der Waals surface area contributed by atoms with Crippen LogP contribution in [0.25, 0.3) is 10.9 Å². The Morgan fingerprint density at radius 2 is 1.83 bits per heavy atom. The van der Waals surface area contributed by atoms with Gasteiger partial charge in [-0.15, -0.1) is 0 Å². The summed E-state index contributed by atoms with van der Waals surface area (Å²) < 4.78 is 0. The Morgan fingerprint density at radius 1 is 1.17 bits per heavy atom. The standard InChI is InChI=1S/C15H17NO2/c1-9-14(15(17)18)12-7-10-5-3-2-4-6-11(10)8-13(12)16-9/h7-8,16H,2-6H2,1H3,(H,17,18). The third-order valence-corrected chi connectivity index (χ3v) is 3.91. The number of nitrogens with one attached hydrogen (secondary N) is 1. The lowest BCUT2D eigenvalue weighted by molar-refractivity contribution is 0.0698. The Hall–Kier alpha value is -1.77. The Bertz CT molecular complexity index is 625. The van der Waals surface area contributed by atoms with E-state index < -0.39 is 5.97 Å². The summed E-state index contributed by atoms with van der Waals surface area (Å²) in [5, 5.41) is 10.2. The van der Waals surface area contributed by atoms with E-state index in [0.29, 0.717) is 5.56 Å². The molecule has 0 bridgehead atoms. The number of H-pyrrole nitrogens is 1. The minimum atomic E-state index is -0.840. The third kappa shape index (κ3) is 1.70. The number of hydrogen-bond donors (Lipinski definition) is 2. The molecule has 3 heteroatoms. The smallest absolute Gasteiger partial charge is 0.338 e. The summed E-state index contributed by atoms with van der Waals surface area (Å²) in [4.78, 5) is 14.5. The molecule has 0 unspecified atom stereocenters. The van der Waals surface area contributed by atoms with Crippen molar-refractivity contribution in [3.63, 3.8) is 0 Å². The Labute approximate surface area is 106 Å². The molecule has 0 amide bonds. The zero-order valence-corrected chi connectivity index (χ0v) is 10.5. The van der Waals surface area contributed by atoms with Crippen LogP contribution in [0.4, 0.5) is 0 Å². The molecule has 2 aromatic rings. The minimum absolute atomic E-state index is 0.428. The van der Waals surface area contributed by atoms with Crippen LogP contribution < -0.4 is 0 Å². The number of carboxylic acids is 1. The number of fused-ring (bicyclic) bond motifs is 2. The van der Waals surface area contributed by atoms with Gasteiger partial charge in [0.1, 0.15) is 0 Å². The van der Waals surface area contributed by atoms with Crippen LogP contribution in [0.5, 0.6) is 0 Å². The van der Waals surface area contributed by atoms with Gasteiger partial charge in [0.2, 0.25) is 0 Å². The van der Waals surface area contributed by atoms with Gasteiger partial charge in [0.05, 0.1) is 5.56 Å². The molecule has 1 aliphatic carbocycles. The summed E-state index contributed by atoms with van der Waals surface area (Å²) in [5.41, 5.74) is 4.86. The van der Waals surface area contributed by atoms with Crippen LogP contribution in [0, 0.1) is 6.92 Å². The van der Waals surface area contributed by atoms with E-state index in [4.69, 9.17) is 0 Å². The predicted molar refractivity (Wildman–Crippen MR) is 71.3 cm³/mol. The summed E-state index contributed by atoms with van der Waals surface area (Å²) in [6.45, 7) is 1.83. The molecular formula is C15H17NO2.